The van der Waals surface area contributed by atoms with Crippen LogP contribution in [0.25, 0.3) is 22.2 Å². The molecule has 154 valence electrons. The van der Waals surface area contributed by atoms with Gasteiger partial charge in [0.15, 0.2) is 5.03 Å². The van der Waals surface area contributed by atoms with Crippen LogP contribution in [0.2, 0.25) is 0 Å². The van der Waals surface area contributed by atoms with Crippen molar-refractivity contribution in [3.05, 3.63) is 55.0 Å². The first-order chi connectivity index (χ1) is 14.5. The average Bonchev–Trinajstić information content (AvgIpc) is 3.49. The van der Waals surface area contributed by atoms with Crippen LogP contribution in [0.3, 0.4) is 0 Å². The van der Waals surface area contributed by atoms with Gasteiger partial charge in [0.25, 0.3) is 10.0 Å². The molecule has 0 bridgehead atoms. The summed E-state index contributed by atoms with van der Waals surface area (Å²) in [5.74, 6) is 0. The van der Waals surface area contributed by atoms with Gasteiger partial charge in [-0.1, -0.05) is 12.1 Å². The Morgan fingerprint density at radius 2 is 1.97 bits per heavy atom. The first kappa shape index (κ1) is 18.7. The first-order valence-corrected chi connectivity index (χ1v) is 11.3. The molecule has 1 aliphatic rings. The predicted octanol–water partition coefficient (Wildman–Crippen LogP) is 3.36. The molecule has 30 heavy (non-hydrogen) atoms. The smallest absolute Gasteiger partial charge is 0.281 e. The van der Waals surface area contributed by atoms with E-state index in [0.717, 1.165) is 29.6 Å². The highest BCUT2D eigenvalue weighted by Gasteiger charge is 2.21. The Bertz CT molecular complexity index is 1320. The van der Waals surface area contributed by atoms with Crippen molar-refractivity contribution in [2.75, 3.05) is 22.7 Å². The summed E-state index contributed by atoms with van der Waals surface area (Å²) in [6.07, 6.45) is 7.47. The molecule has 0 aliphatic carbocycles. The minimum absolute atomic E-state index is 0.0249. The van der Waals surface area contributed by atoms with Gasteiger partial charge in [-0.15, -0.1) is 0 Å². The van der Waals surface area contributed by atoms with E-state index in [1.54, 1.807) is 25.5 Å². The van der Waals surface area contributed by atoms with Crippen LogP contribution in [0.1, 0.15) is 12.8 Å². The van der Waals surface area contributed by atoms with E-state index in [-0.39, 0.29) is 5.03 Å². The summed E-state index contributed by atoms with van der Waals surface area (Å²) in [5, 5.41) is 4.73. The third-order valence-corrected chi connectivity index (χ3v) is 6.67. The van der Waals surface area contributed by atoms with Gasteiger partial charge in [0.1, 0.15) is 5.65 Å². The van der Waals surface area contributed by atoms with Crippen LogP contribution in [0.15, 0.2) is 60.0 Å². The van der Waals surface area contributed by atoms with Crippen LogP contribution >= 0.6 is 0 Å². The molecule has 0 atom stereocenters. The van der Waals surface area contributed by atoms with E-state index in [9.17, 15) is 8.42 Å². The number of sulfonamides is 1. The van der Waals surface area contributed by atoms with Gasteiger partial charge in [0.2, 0.25) is 0 Å². The van der Waals surface area contributed by atoms with Gasteiger partial charge in [-0.25, -0.2) is 4.98 Å². The number of nitrogens with zero attached hydrogens (tertiary/aromatic N) is 4. The fourth-order valence-corrected chi connectivity index (χ4v) is 4.99. The zero-order valence-electron chi connectivity index (χ0n) is 16.5. The highest BCUT2D eigenvalue weighted by Crippen LogP contribution is 2.35. The van der Waals surface area contributed by atoms with Crippen molar-refractivity contribution < 1.29 is 8.42 Å². The Morgan fingerprint density at radius 1 is 1.13 bits per heavy atom. The second-order valence-corrected chi connectivity index (χ2v) is 9.09. The Labute approximate surface area is 174 Å². The van der Waals surface area contributed by atoms with Crippen molar-refractivity contribution in [1.82, 2.24) is 19.7 Å². The van der Waals surface area contributed by atoms with Crippen molar-refractivity contribution in [2.45, 2.75) is 17.9 Å². The molecule has 0 amide bonds. The second kappa shape index (κ2) is 7.17. The first-order valence-electron chi connectivity index (χ1n) is 9.85. The van der Waals surface area contributed by atoms with Crippen molar-refractivity contribution in [1.29, 1.82) is 0 Å². The molecule has 1 fully saturated rings. The fraction of sp³-hybridized carbons (Fsp3) is 0.238. The number of aromatic amines is 1. The van der Waals surface area contributed by atoms with Crippen molar-refractivity contribution in [3.63, 3.8) is 0 Å². The summed E-state index contributed by atoms with van der Waals surface area (Å²) < 4.78 is 29.8. The van der Waals surface area contributed by atoms with Crippen LogP contribution in [0.4, 0.5) is 11.4 Å². The van der Waals surface area contributed by atoms with E-state index in [1.807, 2.05) is 18.3 Å². The molecule has 1 saturated heterocycles. The lowest BCUT2D eigenvalue weighted by atomic mass is 10.0. The Morgan fingerprint density at radius 3 is 2.73 bits per heavy atom. The van der Waals surface area contributed by atoms with E-state index < -0.39 is 10.0 Å². The van der Waals surface area contributed by atoms with E-state index in [2.05, 4.69) is 36.8 Å². The van der Waals surface area contributed by atoms with E-state index in [0.29, 0.717) is 11.3 Å². The molecule has 4 heterocycles. The van der Waals surface area contributed by atoms with Gasteiger partial charge in [0.05, 0.1) is 11.1 Å². The third-order valence-electron chi connectivity index (χ3n) is 5.41. The zero-order valence-corrected chi connectivity index (χ0v) is 17.4. The molecule has 0 saturated carbocycles. The maximum atomic E-state index is 12.8. The number of anilines is 2. The minimum atomic E-state index is -3.81. The molecule has 0 spiro atoms. The lowest BCUT2D eigenvalue weighted by molar-refractivity contribution is 0.593. The van der Waals surface area contributed by atoms with Gasteiger partial charge >= 0.3 is 0 Å². The average molecular weight is 423 g/mol. The lowest BCUT2D eigenvalue weighted by Gasteiger charge is -2.18. The molecule has 9 heteroatoms. The molecule has 8 nitrogen and oxygen atoms in total. The monoisotopic (exact) mass is 422 g/mol. The largest absolute Gasteiger partial charge is 0.372 e. The van der Waals surface area contributed by atoms with Crippen molar-refractivity contribution in [3.8, 4) is 11.1 Å². The van der Waals surface area contributed by atoms with Gasteiger partial charge < -0.3 is 9.88 Å². The quantitative estimate of drug-likeness (QED) is 0.514. The molecule has 2 N–H and O–H groups in total. The van der Waals surface area contributed by atoms with Crippen LogP contribution in [0, 0.1) is 0 Å². The minimum Gasteiger partial charge on any atom is -0.372 e. The van der Waals surface area contributed by atoms with Gasteiger partial charge in [0, 0.05) is 50.0 Å². The second-order valence-electron chi connectivity index (χ2n) is 7.46. The maximum Gasteiger partial charge on any atom is 0.281 e. The van der Waals surface area contributed by atoms with Gasteiger partial charge in [-0.2, -0.15) is 13.5 Å². The molecule has 1 aromatic carbocycles. The van der Waals surface area contributed by atoms with E-state index in [1.165, 1.54) is 29.3 Å². The number of nitrogens with one attached hydrogen (secondary N) is 2. The number of hydrogen-bond donors (Lipinski definition) is 2. The summed E-state index contributed by atoms with van der Waals surface area (Å²) in [5.41, 5.74) is 4.18. The molecule has 4 aromatic rings. The Hall–Kier alpha value is -3.33. The number of benzene rings is 1. The number of pyridine rings is 1. The van der Waals surface area contributed by atoms with Crippen LogP contribution < -0.4 is 9.62 Å². The molecule has 3 aromatic heterocycles. The van der Waals surface area contributed by atoms with Crippen molar-refractivity contribution >= 4 is 32.4 Å². The number of fused-ring (bicyclic) bond motifs is 1. The van der Waals surface area contributed by atoms with Crippen LogP contribution in [-0.2, 0) is 17.1 Å². The fourth-order valence-electron chi connectivity index (χ4n) is 3.95. The molecule has 0 radical (unpaired) electrons. The highest BCUT2D eigenvalue weighted by atomic mass is 32.2. The summed E-state index contributed by atoms with van der Waals surface area (Å²) in [6.45, 7) is 2.13. The topological polar surface area (TPSA) is 95.9 Å². The van der Waals surface area contributed by atoms with Gasteiger partial charge in [-0.3, -0.25) is 9.40 Å². The predicted molar refractivity (Wildman–Crippen MR) is 117 cm³/mol. The highest BCUT2D eigenvalue weighted by molar-refractivity contribution is 7.92. The summed E-state index contributed by atoms with van der Waals surface area (Å²) in [4.78, 5) is 9.92. The van der Waals surface area contributed by atoms with Crippen LogP contribution in [-0.4, -0.2) is 41.3 Å². The van der Waals surface area contributed by atoms with Gasteiger partial charge in [-0.05, 0) is 42.7 Å². The van der Waals surface area contributed by atoms with Crippen LogP contribution in [0.5, 0.6) is 0 Å². The normalized spacial score (nSPS) is 14.5. The lowest BCUT2D eigenvalue weighted by Crippen LogP contribution is -2.17. The molecular formula is C21H22N6O2S. The van der Waals surface area contributed by atoms with E-state index in [4.69, 9.17) is 0 Å². The maximum absolute atomic E-state index is 12.8. The Balaban J connectivity index is 1.58. The Kier molecular flexibility index (Phi) is 4.47. The molecule has 0 unspecified atom stereocenters. The SMILES string of the molecule is Cn1ccc(S(=O)(=O)Nc2ccnc3[nH]cc(-c4cccc(N5CCCC5)c4)c23)n1. The summed E-state index contributed by atoms with van der Waals surface area (Å²) in [7, 11) is -2.13. The third kappa shape index (κ3) is 3.30. The van der Waals surface area contributed by atoms with Crippen molar-refractivity contribution in [2.24, 2.45) is 7.05 Å². The number of H-pyrrole nitrogens is 1. The summed E-state index contributed by atoms with van der Waals surface area (Å²) >= 11 is 0. The number of hydrogen-bond acceptors (Lipinski definition) is 5. The number of rotatable bonds is 5. The zero-order chi connectivity index (χ0) is 20.7. The van der Waals surface area contributed by atoms with E-state index >= 15 is 0 Å². The number of aromatic nitrogens is 4. The summed E-state index contributed by atoms with van der Waals surface area (Å²) in [6, 6.07) is 11.5. The number of aryl methyl sites for hydroxylation is 1. The molecule has 1 aliphatic heterocycles. The standard InChI is InChI=1S/C21H22N6O2S/c1-26-12-8-19(24-26)30(28,29)25-18-7-9-22-21-20(18)17(14-23-21)15-5-4-6-16(13-15)27-10-2-3-11-27/h4-9,12-14H,2-3,10-11H2,1H3,(H2,22,23,25). The molecular weight excluding hydrogens is 400 g/mol. The molecule has 5 rings (SSSR count).